The number of quaternary nitrogens is 1. The van der Waals surface area contributed by atoms with Crippen LogP contribution in [0.5, 0.6) is 0 Å². The van der Waals surface area contributed by atoms with Gasteiger partial charge < -0.3 is 18.9 Å². The molecule has 0 aliphatic rings. The summed E-state index contributed by atoms with van der Waals surface area (Å²) in [5.41, 5.74) is 0. The number of esters is 2. The first-order valence-electron chi connectivity index (χ1n) is 37.5. The van der Waals surface area contributed by atoms with Gasteiger partial charge >= 0.3 is 19.8 Å². The van der Waals surface area contributed by atoms with Crippen LogP contribution in [0.2, 0.25) is 0 Å². The van der Waals surface area contributed by atoms with Crippen LogP contribution in [0.1, 0.15) is 284 Å². The Labute approximate surface area is 578 Å². The predicted octanol–water partition coefficient (Wildman–Crippen LogP) is 25.0. The van der Waals surface area contributed by atoms with Crippen LogP contribution in [0.4, 0.5) is 0 Å². The van der Waals surface area contributed by atoms with E-state index in [1.54, 1.807) is 0 Å². The molecule has 0 fully saturated rings. The van der Waals surface area contributed by atoms with Crippen molar-refractivity contribution in [1.29, 1.82) is 0 Å². The average molecular weight is 1320 g/mol. The van der Waals surface area contributed by atoms with Crippen molar-refractivity contribution in [2.45, 2.75) is 290 Å². The molecule has 10 heteroatoms. The number of carbonyl (C=O) groups is 2. The molecule has 9 nitrogen and oxygen atoms in total. The summed E-state index contributed by atoms with van der Waals surface area (Å²) in [6.07, 6.45) is 112. The lowest BCUT2D eigenvalue weighted by Gasteiger charge is -2.24. The summed E-state index contributed by atoms with van der Waals surface area (Å²) < 4.78 is 34.7. The summed E-state index contributed by atoms with van der Waals surface area (Å²) in [6.45, 7) is 4.16. The monoisotopic (exact) mass is 1320 g/mol. The Morgan fingerprint density at radius 1 is 0.330 bits per heavy atom. The molecule has 0 aromatic heterocycles. The van der Waals surface area contributed by atoms with Crippen molar-refractivity contribution in [3.8, 4) is 0 Å². The number of allylic oxidation sites excluding steroid dienone is 30. The number of carbonyl (C=O) groups excluding carboxylic acids is 2. The quantitative estimate of drug-likeness (QED) is 0.0211. The van der Waals surface area contributed by atoms with Gasteiger partial charge in [0.25, 0.3) is 0 Å². The van der Waals surface area contributed by atoms with E-state index in [-0.39, 0.29) is 32.0 Å². The summed E-state index contributed by atoms with van der Waals surface area (Å²) in [5.74, 6) is -0.840. The summed E-state index contributed by atoms with van der Waals surface area (Å²) >= 11 is 0. The van der Waals surface area contributed by atoms with Gasteiger partial charge in [-0.3, -0.25) is 18.6 Å². The third kappa shape index (κ3) is 76.1. The molecule has 0 radical (unpaired) electrons. The molecule has 0 bridgehead atoms. The maximum atomic E-state index is 12.9. The fourth-order valence-corrected chi connectivity index (χ4v) is 10.5. The van der Waals surface area contributed by atoms with Gasteiger partial charge in [0.1, 0.15) is 19.8 Å². The first-order chi connectivity index (χ1) is 46.0. The van der Waals surface area contributed by atoms with E-state index in [0.29, 0.717) is 17.4 Å². The lowest BCUT2D eigenvalue weighted by Crippen LogP contribution is -2.37. The second-order valence-electron chi connectivity index (χ2n) is 25.6. The number of ether oxygens (including phenoxy) is 2. The van der Waals surface area contributed by atoms with Gasteiger partial charge in [-0.25, -0.2) is 4.57 Å². The highest BCUT2D eigenvalue weighted by atomic mass is 31.2. The van der Waals surface area contributed by atoms with Gasteiger partial charge in [0.05, 0.1) is 27.7 Å². The lowest BCUT2D eigenvalue weighted by atomic mass is 10.0. The molecule has 1 N–H and O–H groups in total. The molecular weight excluding hydrogens is 1180 g/mol. The Morgan fingerprint density at radius 3 is 0.862 bits per heavy atom. The highest BCUT2D eigenvalue weighted by Crippen LogP contribution is 2.43. The summed E-state index contributed by atoms with van der Waals surface area (Å²) in [7, 11) is 1.44. The maximum absolute atomic E-state index is 12.9. The van der Waals surface area contributed by atoms with E-state index in [0.717, 1.165) is 135 Å². The topological polar surface area (TPSA) is 108 Å². The minimum atomic E-state index is -4.42. The molecule has 0 aromatic carbocycles. The van der Waals surface area contributed by atoms with Crippen LogP contribution in [-0.4, -0.2) is 74.9 Å². The zero-order valence-electron chi connectivity index (χ0n) is 60.6. The predicted molar refractivity (Wildman–Crippen MR) is 408 cm³/mol. The summed E-state index contributed by atoms with van der Waals surface area (Å²) in [4.78, 5) is 35.9. The average Bonchev–Trinajstić information content (AvgIpc) is 1.66. The van der Waals surface area contributed by atoms with Crippen LogP contribution < -0.4 is 0 Å². The van der Waals surface area contributed by atoms with Crippen molar-refractivity contribution in [2.24, 2.45) is 0 Å². The van der Waals surface area contributed by atoms with E-state index >= 15 is 0 Å². The van der Waals surface area contributed by atoms with E-state index in [1.165, 1.54) is 116 Å². The molecule has 0 spiro atoms. The smallest absolute Gasteiger partial charge is 0.462 e. The van der Waals surface area contributed by atoms with Gasteiger partial charge in [0.2, 0.25) is 0 Å². The molecule has 2 unspecified atom stereocenters. The van der Waals surface area contributed by atoms with Gasteiger partial charge in [0.15, 0.2) is 6.10 Å². The number of hydrogen-bond acceptors (Lipinski definition) is 7. The van der Waals surface area contributed by atoms with Gasteiger partial charge in [0, 0.05) is 12.8 Å². The highest BCUT2D eigenvalue weighted by Gasteiger charge is 2.27. The molecule has 0 aromatic rings. The molecule has 0 rings (SSSR count). The molecule has 0 amide bonds. The maximum Gasteiger partial charge on any atom is 0.472 e. The molecule has 0 saturated carbocycles. The molecule has 2 atom stereocenters. The number of likely N-dealkylation sites (N-methyl/N-ethyl adjacent to an activating group) is 1. The van der Waals surface area contributed by atoms with Gasteiger partial charge in [-0.15, -0.1) is 0 Å². The molecule has 0 aliphatic heterocycles. The number of unbranched alkanes of at least 4 members (excludes halogenated alkanes) is 23. The summed E-state index contributed by atoms with van der Waals surface area (Å²) in [5, 5.41) is 0. The van der Waals surface area contributed by atoms with Gasteiger partial charge in [-0.1, -0.05) is 318 Å². The zero-order valence-corrected chi connectivity index (χ0v) is 61.5. The molecular formula is C84H139NO8P+. The Morgan fingerprint density at radius 2 is 0.574 bits per heavy atom. The van der Waals surface area contributed by atoms with Crippen molar-refractivity contribution >= 4 is 19.8 Å². The van der Waals surface area contributed by atoms with Crippen LogP contribution in [0.25, 0.3) is 0 Å². The number of rotatable bonds is 67. The number of phosphoric ester groups is 1. The first kappa shape index (κ1) is 89.1. The van der Waals surface area contributed by atoms with Crippen LogP contribution in [0.3, 0.4) is 0 Å². The molecule has 94 heavy (non-hydrogen) atoms. The third-order valence-electron chi connectivity index (χ3n) is 15.4. The number of hydrogen-bond donors (Lipinski definition) is 1. The first-order valence-corrected chi connectivity index (χ1v) is 39.0. The van der Waals surface area contributed by atoms with E-state index < -0.39 is 26.5 Å². The fourth-order valence-electron chi connectivity index (χ4n) is 9.78. The van der Waals surface area contributed by atoms with Gasteiger partial charge in [-0.2, -0.15) is 0 Å². The Balaban J connectivity index is 4.08. The van der Waals surface area contributed by atoms with Crippen molar-refractivity contribution in [3.63, 3.8) is 0 Å². The van der Waals surface area contributed by atoms with Gasteiger partial charge in [-0.05, 0) is 135 Å². The SMILES string of the molecule is CC/C=C\C/C=C\C/C=C\C/C=C\C/C=C\C/C=C\C/C=C\C/C=C\C/C=C\CCCCCC(=O)OC(COC(=O)CCCCCCCCCCCCCCCCCCCCCC/C=C\C/C=C\C/C=C\C/C=C\C/C=C\C/C=C\CC)COP(=O)(O)OCC[N+](C)(C)C. The van der Waals surface area contributed by atoms with E-state index in [2.05, 4.69) is 196 Å². The lowest BCUT2D eigenvalue weighted by molar-refractivity contribution is -0.870. The Hall–Kier alpha value is -4.89. The van der Waals surface area contributed by atoms with Crippen LogP contribution in [-0.2, 0) is 32.7 Å². The minimum Gasteiger partial charge on any atom is -0.462 e. The van der Waals surface area contributed by atoms with Crippen molar-refractivity contribution < 1.29 is 42.1 Å². The van der Waals surface area contributed by atoms with Crippen molar-refractivity contribution in [3.05, 3.63) is 182 Å². The minimum absolute atomic E-state index is 0.0167. The molecule has 0 saturated heterocycles. The largest absolute Gasteiger partial charge is 0.472 e. The highest BCUT2D eigenvalue weighted by molar-refractivity contribution is 7.47. The standard InChI is InChI=1S/C84H138NO8P/c1-6-8-10-12-14-16-18-20-22-24-26-28-30-32-34-36-38-39-40-41-42-43-44-45-47-48-50-52-54-56-58-60-62-64-66-68-70-72-74-76-83(86)90-80-82(81-92-94(88,89)91-79-78-85(3,4)5)93-84(87)77-75-73-71-69-67-65-63-61-59-57-55-53-51-49-46-37-35-33-31-29-27-25-23-21-19-17-15-13-11-9-7-2/h8-11,14-17,20-23,26-29,32-35,38-39,46,49,53,55,59,61,65,67,82H,6-7,12-13,18-19,24-25,30-31,36-37,40-45,47-48,50-52,54,56-58,60,62-64,66,68-81H2,1-5H3/p+1/b10-8-,11-9-,16-14-,17-15-,22-20-,23-21-,28-26-,29-27-,34-32-,35-33-,39-38-,49-46-,55-53-,61-59-,67-65-. The van der Waals surface area contributed by atoms with Crippen LogP contribution in [0, 0.1) is 0 Å². The fraction of sp³-hybridized carbons (Fsp3) is 0.619. The number of nitrogens with zero attached hydrogens (tertiary/aromatic N) is 1. The Bertz CT molecular complexity index is 2240. The van der Waals surface area contributed by atoms with Crippen molar-refractivity contribution in [2.75, 3.05) is 47.5 Å². The van der Waals surface area contributed by atoms with E-state index in [4.69, 9.17) is 18.5 Å². The molecule has 0 heterocycles. The summed E-state index contributed by atoms with van der Waals surface area (Å²) in [6, 6.07) is 0. The second kappa shape index (κ2) is 72.4. The van der Waals surface area contributed by atoms with Crippen molar-refractivity contribution in [1.82, 2.24) is 0 Å². The number of phosphoric acid groups is 1. The second-order valence-corrected chi connectivity index (χ2v) is 27.0. The molecule has 0 aliphatic carbocycles. The van der Waals surface area contributed by atoms with Crippen LogP contribution >= 0.6 is 7.82 Å². The Kier molecular flexibility index (Phi) is 68.6. The zero-order chi connectivity index (χ0) is 68.3. The molecule has 532 valence electrons. The van der Waals surface area contributed by atoms with E-state index in [1.807, 2.05) is 21.1 Å². The normalized spacial score (nSPS) is 14.1. The van der Waals surface area contributed by atoms with Crippen LogP contribution in [0.15, 0.2) is 182 Å². The third-order valence-corrected chi connectivity index (χ3v) is 16.4. The van der Waals surface area contributed by atoms with E-state index in [9.17, 15) is 19.0 Å².